The Morgan fingerprint density at radius 2 is 1.93 bits per heavy atom. The van der Waals surface area contributed by atoms with E-state index in [-0.39, 0.29) is 31.2 Å². The van der Waals surface area contributed by atoms with Gasteiger partial charge in [-0.2, -0.15) is 0 Å². The molecule has 0 bridgehead atoms. The zero-order chi connectivity index (χ0) is 20.4. The van der Waals surface area contributed by atoms with Gasteiger partial charge in [-0.15, -0.1) is 0 Å². The highest BCUT2D eigenvalue weighted by Crippen LogP contribution is 2.35. The maximum absolute atomic E-state index is 12.7. The first-order valence-corrected chi connectivity index (χ1v) is 9.46. The number of benzene rings is 2. The summed E-state index contributed by atoms with van der Waals surface area (Å²) in [7, 11) is 1.57. The molecule has 2 aliphatic rings. The zero-order valence-corrected chi connectivity index (χ0v) is 16.3. The SMILES string of the molecule is CNC(=O)[C@H]1CN(CC(=O)N[C@H](C)c2ccc3c(c2)OCO3)c2ccccc2O1. The Morgan fingerprint density at radius 1 is 1.14 bits per heavy atom. The third kappa shape index (κ3) is 3.91. The summed E-state index contributed by atoms with van der Waals surface area (Å²) in [5, 5.41) is 5.61. The van der Waals surface area contributed by atoms with Gasteiger partial charge in [0.1, 0.15) is 5.75 Å². The zero-order valence-electron chi connectivity index (χ0n) is 16.3. The monoisotopic (exact) mass is 397 g/mol. The van der Waals surface area contributed by atoms with Gasteiger partial charge in [0, 0.05) is 7.05 Å². The first-order chi connectivity index (χ1) is 14.0. The summed E-state index contributed by atoms with van der Waals surface area (Å²) in [5.74, 6) is 1.60. The van der Waals surface area contributed by atoms with Crippen molar-refractivity contribution < 1.29 is 23.8 Å². The van der Waals surface area contributed by atoms with Crippen LogP contribution in [0, 0.1) is 0 Å². The van der Waals surface area contributed by atoms with Gasteiger partial charge in [0.15, 0.2) is 17.6 Å². The van der Waals surface area contributed by atoms with Crippen molar-refractivity contribution in [2.45, 2.75) is 19.1 Å². The number of hydrogen-bond acceptors (Lipinski definition) is 6. The molecular formula is C21H23N3O5. The molecule has 0 aliphatic carbocycles. The predicted molar refractivity (Wildman–Crippen MR) is 106 cm³/mol. The Hall–Kier alpha value is -3.42. The van der Waals surface area contributed by atoms with Crippen molar-refractivity contribution in [1.29, 1.82) is 0 Å². The molecule has 0 unspecified atom stereocenters. The van der Waals surface area contributed by atoms with Crippen LogP contribution in [0.4, 0.5) is 5.69 Å². The average molecular weight is 397 g/mol. The second kappa shape index (κ2) is 7.90. The fourth-order valence-electron chi connectivity index (χ4n) is 3.48. The second-order valence-electron chi connectivity index (χ2n) is 6.97. The van der Waals surface area contributed by atoms with Crippen molar-refractivity contribution in [2.75, 3.05) is 31.8 Å². The van der Waals surface area contributed by atoms with Crippen LogP contribution in [0.15, 0.2) is 42.5 Å². The number of carbonyl (C=O) groups excluding carboxylic acids is 2. The van der Waals surface area contributed by atoms with Gasteiger partial charge in [0.05, 0.1) is 24.8 Å². The lowest BCUT2D eigenvalue weighted by Crippen LogP contribution is -2.50. The van der Waals surface area contributed by atoms with E-state index in [1.165, 1.54) is 0 Å². The Balaban J connectivity index is 1.45. The first-order valence-electron chi connectivity index (χ1n) is 9.46. The van der Waals surface area contributed by atoms with Crippen LogP contribution < -0.4 is 29.7 Å². The molecule has 2 N–H and O–H groups in total. The number of nitrogens with one attached hydrogen (secondary N) is 2. The Bertz CT molecular complexity index is 932. The molecule has 2 amide bonds. The lowest BCUT2D eigenvalue weighted by molar-refractivity contribution is -0.127. The van der Waals surface area contributed by atoms with E-state index in [1.54, 1.807) is 13.1 Å². The number of para-hydroxylation sites is 2. The maximum Gasteiger partial charge on any atom is 0.262 e. The quantitative estimate of drug-likeness (QED) is 0.797. The normalized spacial score (nSPS) is 17.7. The lowest BCUT2D eigenvalue weighted by Gasteiger charge is -2.35. The second-order valence-corrected chi connectivity index (χ2v) is 6.97. The number of rotatable bonds is 5. The molecule has 8 nitrogen and oxygen atoms in total. The van der Waals surface area contributed by atoms with E-state index in [1.807, 2.05) is 48.2 Å². The molecule has 0 saturated heterocycles. The van der Waals surface area contributed by atoms with Gasteiger partial charge < -0.3 is 29.7 Å². The van der Waals surface area contributed by atoms with Crippen molar-refractivity contribution in [3.63, 3.8) is 0 Å². The topological polar surface area (TPSA) is 89.1 Å². The summed E-state index contributed by atoms with van der Waals surface area (Å²) in [4.78, 5) is 26.7. The number of hydrogen-bond donors (Lipinski definition) is 2. The molecule has 0 aromatic heterocycles. The van der Waals surface area contributed by atoms with Crippen LogP contribution in [0.5, 0.6) is 17.2 Å². The number of nitrogens with zero attached hydrogens (tertiary/aromatic N) is 1. The van der Waals surface area contributed by atoms with Crippen LogP contribution in [-0.4, -0.2) is 44.8 Å². The average Bonchev–Trinajstić information content (AvgIpc) is 3.20. The first kappa shape index (κ1) is 18.9. The molecule has 0 fully saturated rings. The molecule has 0 saturated carbocycles. The van der Waals surface area contributed by atoms with Gasteiger partial charge in [-0.25, -0.2) is 0 Å². The van der Waals surface area contributed by atoms with Crippen molar-refractivity contribution in [1.82, 2.24) is 10.6 Å². The molecule has 2 aromatic rings. The number of amides is 2. The maximum atomic E-state index is 12.7. The van der Waals surface area contributed by atoms with E-state index in [0.29, 0.717) is 23.8 Å². The summed E-state index contributed by atoms with van der Waals surface area (Å²) in [6.07, 6.45) is -0.672. The molecule has 29 heavy (non-hydrogen) atoms. The van der Waals surface area contributed by atoms with Crippen LogP contribution in [0.25, 0.3) is 0 Å². The smallest absolute Gasteiger partial charge is 0.262 e. The van der Waals surface area contributed by atoms with Crippen molar-refractivity contribution >= 4 is 17.5 Å². The molecule has 4 rings (SSSR count). The molecule has 2 atom stereocenters. The standard InChI is InChI=1S/C21H23N3O5/c1-13(14-7-8-17-18(9-14)28-12-27-17)23-20(25)11-24-10-19(21(26)22-2)29-16-6-4-3-5-15(16)24/h3-9,13,19H,10-12H2,1-2H3,(H,22,26)(H,23,25)/t13-,19-/m1/s1. The van der Waals surface area contributed by atoms with Crippen LogP contribution in [-0.2, 0) is 9.59 Å². The van der Waals surface area contributed by atoms with Crippen molar-refractivity contribution in [3.8, 4) is 17.2 Å². The number of anilines is 1. The van der Waals surface area contributed by atoms with Crippen LogP contribution in [0.2, 0.25) is 0 Å². The minimum absolute atomic E-state index is 0.114. The third-order valence-corrected chi connectivity index (χ3v) is 5.01. The van der Waals surface area contributed by atoms with E-state index >= 15 is 0 Å². The Labute approximate surface area is 168 Å². The van der Waals surface area contributed by atoms with Crippen LogP contribution in [0.1, 0.15) is 18.5 Å². The largest absolute Gasteiger partial charge is 0.477 e. The molecule has 8 heteroatoms. The van der Waals surface area contributed by atoms with Gasteiger partial charge in [0.25, 0.3) is 5.91 Å². The van der Waals surface area contributed by atoms with E-state index in [2.05, 4.69) is 10.6 Å². The highest BCUT2D eigenvalue weighted by molar-refractivity contribution is 5.86. The van der Waals surface area contributed by atoms with Crippen molar-refractivity contribution in [2.24, 2.45) is 0 Å². The molecule has 2 heterocycles. The number of carbonyl (C=O) groups is 2. The van der Waals surface area contributed by atoms with Crippen molar-refractivity contribution in [3.05, 3.63) is 48.0 Å². The molecule has 2 aliphatic heterocycles. The lowest BCUT2D eigenvalue weighted by atomic mass is 10.1. The molecular weight excluding hydrogens is 374 g/mol. The molecule has 0 spiro atoms. The van der Waals surface area contributed by atoms with Crippen LogP contribution >= 0.6 is 0 Å². The van der Waals surface area contributed by atoms with Gasteiger partial charge in [-0.1, -0.05) is 18.2 Å². The summed E-state index contributed by atoms with van der Waals surface area (Å²) in [6.45, 7) is 2.53. The Kier molecular flexibility index (Phi) is 5.16. The fraction of sp³-hybridized carbons (Fsp3) is 0.333. The molecule has 2 aromatic carbocycles. The minimum Gasteiger partial charge on any atom is -0.477 e. The molecule has 0 radical (unpaired) electrons. The number of ether oxygens (including phenoxy) is 3. The summed E-state index contributed by atoms with van der Waals surface area (Å²) < 4.78 is 16.5. The Morgan fingerprint density at radius 3 is 2.76 bits per heavy atom. The fourth-order valence-corrected chi connectivity index (χ4v) is 3.48. The summed E-state index contributed by atoms with van der Waals surface area (Å²) in [5.41, 5.74) is 1.71. The highest BCUT2D eigenvalue weighted by atomic mass is 16.7. The number of fused-ring (bicyclic) bond motifs is 2. The third-order valence-electron chi connectivity index (χ3n) is 5.01. The number of likely N-dealkylation sites (N-methyl/N-ethyl adjacent to an activating group) is 1. The van der Waals surface area contributed by atoms with Gasteiger partial charge in [0.2, 0.25) is 12.7 Å². The van der Waals surface area contributed by atoms with E-state index in [9.17, 15) is 9.59 Å². The predicted octanol–water partition coefficient (Wildman–Crippen LogP) is 1.61. The minimum atomic E-state index is -0.672. The molecule has 152 valence electrons. The highest BCUT2D eigenvalue weighted by Gasteiger charge is 2.31. The van der Waals surface area contributed by atoms with Gasteiger partial charge in [-0.3, -0.25) is 9.59 Å². The van der Waals surface area contributed by atoms with E-state index in [0.717, 1.165) is 11.3 Å². The van der Waals surface area contributed by atoms with E-state index in [4.69, 9.17) is 14.2 Å². The van der Waals surface area contributed by atoms with Crippen LogP contribution in [0.3, 0.4) is 0 Å². The van der Waals surface area contributed by atoms with E-state index < -0.39 is 6.10 Å². The summed E-state index contributed by atoms with van der Waals surface area (Å²) >= 11 is 0. The van der Waals surface area contributed by atoms with Gasteiger partial charge >= 0.3 is 0 Å². The van der Waals surface area contributed by atoms with Gasteiger partial charge in [-0.05, 0) is 36.8 Å². The summed E-state index contributed by atoms with van der Waals surface area (Å²) in [6, 6.07) is 12.8.